The summed E-state index contributed by atoms with van der Waals surface area (Å²) in [6.45, 7) is 0. The van der Waals surface area contributed by atoms with Crippen LogP contribution in [0.5, 0.6) is 0 Å². The van der Waals surface area contributed by atoms with E-state index in [4.69, 9.17) is 1.37 Å². The molecule has 0 atom stereocenters. The van der Waals surface area contributed by atoms with Crippen molar-refractivity contribution >= 4 is 0 Å². The lowest BCUT2D eigenvalue weighted by Gasteiger charge is -1.69. The van der Waals surface area contributed by atoms with Gasteiger partial charge in [0.2, 0.25) is 0 Å². The van der Waals surface area contributed by atoms with Crippen LogP contribution < -0.4 is 0 Å². The molecular formula is C18H18. The number of rotatable bonds is 0. The maximum absolute atomic E-state index is 7.66. The Morgan fingerprint density at radius 3 is 0.667 bits per heavy atom. The third kappa shape index (κ3) is 8.93. The Morgan fingerprint density at radius 2 is 0.444 bits per heavy atom. The van der Waals surface area contributed by atoms with Gasteiger partial charge in [0.05, 0.1) is 1.37 Å². The molecule has 0 fully saturated rings. The van der Waals surface area contributed by atoms with Crippen LogP contribution in [0.25, 0.3) is 0 Å². The quantitative estimate of drug-likeness (QED) is 0.589. The van der Waals surface area contributed by atoms with Gasteiger partial charge < -0.3 is 0 Å². The molecular weight excluding hydrogens is 216 g/mol. The fourth-order valence-corrected chi connectivity index (χ4v) is 1.11. The smallest absolute Gasteiger partial charge is 0.0623 e. The average molecular weight is 235 g/mol. The summed E-state index contributed by atoms with van der Waals surface area (Å²) in [5.74, 6) is 0. The van der Waals surface area contributed by atoms with Crippen LogP contribution in [-0.4, -0.2) is 0 Å². The van der Waals surface area contributed by atoms with Gasteiger partial charge in [-0.25, -0.2) is 0 Å². The van der Waals surface area contributed by atoms with Crippen LogP contribution in [0, 0.1) is 0 Å². The van der Waals surface area contributed by atoms with E-state index in [1.54, 1.807) is 12.1 Å². The zero-order valence-corrected chi connectivity index (χ0v) is 10.3. The average Bonchev–Trinajstić information content (AvgIpc) is 2.41. The topological polar surface area (TPSA) is 0 Å². The van der Waals surface area contributed by atoms with Crippen molar-refractivity contribution in [2.75, 3.05) is 0 Å². The first-order chi connectivity index (χ1) is 9.39. The summed E-state index contributed by atoms with van der Waals surface area (Å²) in [7, 11) is 0. The molecule has 0 nitrogen and oxygen atoms in total. The lowest BCUT2D eigenvalue weighted by molar-refractivity contribution is 1.72. The Labute approximate surface area is 111 Å². The van der Waals surface area contributed by atoms with Crippen molar-refractivity contribution in [2.24, 2.45) is 0 Å². The van der Waals surface area contributed by atoms with Gasteiger partial charge in [-0.05, 0) is 0 Å². The van der Waals surface area contributed by atoms with Crippen molar-refractivity contribution in [2.45, 2.75) is 0 Å². The molecule has 0 unspecified atom stereocenters. The van der Waals surface area contributed by atoms with Crippen LogP contribution >= 0.6 is 0 Å². The van der Waals surface area contributed by atoms with Crippen LogP contribution in [0.4, 0.5) is 0 Å². The van der Waals surface area contributed by atoms with Crippen LogP contribution in [0.15, 0.2) is 109 Å². The van der Waals surface area contributed by atoms with Gasteiger partial charge in [-0.3, -0.25) is 0 Å². The molecule has 0 aliphatic rings. The summed E-state index contributed by atoms with van der Waals surface area (Å²) >= 11 is 0. The molecule has 1 aromatic carbocycles. The van der Waals surface area contributed by atoms with E-state index in [2.05, 4.69) is 0 Å². The molecule has 0 aliphatic carbocycles. The van der Waals surface area contributed by atoms with Crippen molar-refractivity contribution in [1.82, 2.24) is 0 Å². The second kappa shape index (κ2) is 11.2. The van der Waals surface area contributed by atoms with Crippen LogP contribution in [0.1, 0.15) is 1.37 Å². The maximum Gasteiger partial charge on any atom is 0.0623 e. The molecule has 0 bridgehead atoms. The van der Waals surface area contributed by atoms with Gasteiger partial charge in [-0.2, -0.15) is 0 Å². The first kappa shape index (κ1) is 12.1. The lowest BCUT2D eigenvalue weighted by Crippen LogP contribution is -1.47. The largest absolute Gasteiger partial charge is 0.0623 e. The molecule has 1 aromatic rings. The van der Waals surface area contributed by atoms with Gasteiger partial charge in [-0.1, -0.05) is 109 Å². The SMILES string of the molecule is [2H]c1ccccccccccccccccc1. The summed E-state index contributed by atoms with van der Waals surface area (Å²) in [5.41, 5.74) is 0. The van der Waals surface area contributed by atoms with Gasteiger partial charge in [0, 0.05) is 0 Å². The van der Waals surface area contributed by atoms with Crippen molar-refractivity contribution in [3.8, 4) is 0 Å². The highest BCUT2D eigenvalue weighted by Crippen LogP contribution is 1.81. The summed E-state index contributed by atoms with van der Waals surface area (Å²) in [4.78, 5) is 0. The zero-order valence-electron chi connectivity index (χ0n) is 11.3. The molecule has 0 heteroatoms. The standard InChI is InChI=1S/C18H18/c1-2-4-6-8-10-12-14-16-18-17-15-13-11-9-7-5-3-1/h1-18H/i1D. The summed E-state index contributed by atoms with van der Waals surface area (Å²) in [6.07, 6.45) is 0. The van der Waals surface area contributed by atoms with Crippen molar-refractivity contribution in [1.29, 1.82) is 0 Å². The third-order valence-electron chi connectivity index (χ3n) is 1.94. The third-order valence-corrected chi connectivity index (χ3v) is 1.94. The van der Waals surface area contributed by atoms with E-state index in [9.17, 15) is 0 Å². The molecule has 0 saturated carbocycles. The molecule has 90 valence electrons. The van der Waals surface area contributed by atoms with Crippen molar-refractivity contribution < 1.29 is 1.37 Å². The molecule has 0 radical (unpaired) electrons. The van der Waals surface area contributed by atoms with Crippen molar-refractivity contribution in [3.63, 3.8) is 0 Å². The Morgan fingerprint density at radius 1 is 0.278 bits per heavy atom. The van der Waals surface area contributed by atoms with E-state index in [1.165, 1.54) is 0 Å². The second-order valence-corrected chi connectivity index (χ2v) is 3.39. The summed E-state index contributed by atoms with van der Waals surface area (Å²) in [5, 5.41) is 0. The predicted octanol–water partition coefficient (Wildman–Crippen LogP) is 5.06. The summed E-state index contributed by atoms with van der Waals surface area (Å²) in [6, 6.07) is 33.0. The highest BCUT2D eigenvalue weighted by atomic mass is 13.7. The Balaban J connectivity index is 3.10. The molecule has 18 heavy (non-hydrogen) atoms. The van der Waals surface area contributed by atoms with E-state index in [0.717, 1.165) is 0 Å². The van der Waals surface area contributed by atoms with Gasteiger partial charge in [0.1, 0.15) is 0 Å². The van der Waals surface area contributed by atoms with Crippen LogP contribution in [0.2, 0.25) is 0 Å². The Kier molecular flexibility index (Phi) is 7.51. The van der Waals surface area contributed by atoms with E-state index in [0.29, 0.717) is 6.04 Å². The molecule has 0 aliphatic heterocycles. The fourth-order valence-electron chi connectivity index (χ4n) is 1.11. The zero-order chi connectivity index (χ0) is 13.6. The van der Waals surface area contributed by atoms with E-state index in [-0.39, 0.29) is 0 Å². The minimum Gasteiger partial charge on any atom is -0.0623 e. The highest BCUT2D eigenvalue weighted by Gasteiger charge is 1.59. The van der Waals surface area contributed by atoms with Gasteiger partial charge in [-0.15, -0.1) is 0 Å². The lowest BCUT2D eigenvalue weighted by atomic mass is 10.4. The molecule has 0 N–H and O–H groups in total. The van der Waals surface area contributed by atoms with Gasteiger partial charge in [0.25, 0.3) is 0 Å². The highest BCUT2D eigenvalue weighted by molar-refractivity contribution is 5.00. The number of hydrogen-bond acceptors (Lipinski definition) is 0. The second-order valence-electron chi connectivity index (χ2n) is 3.39. The van der Waals surface area contributed by atoms with Gasteiger partial charge >= 0.3 is 0 Å². The molecule has 0 spiro atoms. The molecule has 1 rings (SSSR count). The Bertz CT molecular complexity index is 488. The predicted molar refractivity (Wildman–Crippen MR) is 79.3 cm³/mol. The first-order valence-electron chi connectivity index (χ1n) is 6.41. The molecule has 0 saturated heterocycles. The fraction of sp³-hybridized carbons (Fsp3) is 0. The molecule has 0 amide bonds. The Hall–Kier alpha value is -2.34. The number of hydrogen-bond donors (Lipinski definition) is 0. The molecule has 0 aromatic heterocycles. The van der Waals surface area contributed by atoms with Crippen LogP contribution in [0.3, 0.4) is 0 Å². The van der Waals surface area contributed by atoms with E-state index < -0.39 is 0 Å². The van der Waals surface area contributed by atoms with Crippen LogP contribution in [-0.2, 0) is 0 Å². The minimum absolute atomic E-state index is 0.470. The maximum atomic E-state index is 7.66. The van der Waals surface area contributed by atoms with Gasteiger partial charge in [0.15, 0.2) is 0 Å². The van der Waals surface area contributed by atoms with E-state index >= 15 is 0 Å². The van der Waals surface area contributed by atoms with Crippen molar-refractivity contribution in [3.05, 3.63) is 109 Å². The normalized spacial score (nSPS) is 8.78. The first-order valence-corrected chi connectivity index (χ1v) is 5.91. The summed E-state index contributed by atoms with van der Waals surface area (Å²) < 4.78 is 7.66. The van der Waals surface area contributed by atoms with E-state index in [1.807, 2.05) is 91.0 Å². The minimum atomic E-state index is 0.470. The monoisotopic (exact) mass is 235 g/mol. The molecule has 0 heterocycles.